The minimum Gasteiger partial charge on any atom is -0.369 e. The zero-order valence-electron chi connectivity index (χ0n) is 9.85. The molecule has 4 nitrogen and oxygen atoms in total. The van der Waals surface area contributed by atoms with Gasteiger partial charge in [0.05, 0.1) is 12.4 Å². The smallest absolute Gasteiger partial charge is 0.369 e. The van der Waals surface area contributed by atoms with Gasteiger partial charge < -0.3 is 11.1 Å². The number of alkyl halides is 3. The van der Waals surface area contributed by atoms with Crippen molar-refractivity contribution in [1.82, 2.24) is 9.97 Å². The summed E-state index contributed by atoms with van der Waals surface area (Å²) in [5.41, 5.74) is 4.65. The Balaban J connectivity index is 0.00000162. The van der Waals surface area contributed by atoms with Gasteiger partial charge in [-0.05, 0) is 18.8 Å². The van der Waals surface area contributed by atoms with Crippen molar-refractivity contribution in [2.24, 2.45) is 11.7 Å². The lowest BCUT2D eigenvalue weighted by atomic mass is 9.81. The molecular formula is C10H15Cl2F3N4. The molecule has 2 rings (SSSR count). The molecule has 1 aromatic rings. The fraction of sp³-hybridized carbons (Fsp3) is 0.600. The van der Waals surface area contributed by atoms with Crippen LogP contribution < -0.4 is 11.1 Å². The van der Waals surface area contributed by atoms with Gasteiger partial charge in [0, 0.05) is 12.6 Å². The molecule has 0 atom stereocenters. The van der Waals surface area contributed by atoms with Crippen molar-refractivity contribution in [1.29, 1.82) is 0 Å². The van der Waals surface area contributed by atoms with Crippen LogP contribution in [0.25, 0.3) is 0 Å². The number of rotatable bonds is 3. The molecule has 0 unspecified atom stereocenters. The first kappa shape index (κ1) is 18.2. The lowest BCUT2D eigenvalue weighted by Crippen LogP contribution is -2.39. The number of aromatic nitrogens is 2. The zero-order chi connectivity index (χ0) is 12.5. The minimum atomic E-state index is -4.44. The van der Waals surface area contributed by atoms with Crippen molar-refractivity contribution in [2.45, 2.75) is 25.1 Å². The summed E-state index contributed by atoms with van der Waals surface area (Å²) in [4.78, 5) is 6.98. The quantitative estimate of drug-likeness (QED) is 0.898. The summed E-state index contributed by atoms with van der Waals surface area (Å²) in [5, 5.41) is 2.95. The van der Waals surface area contributed by atoms with Gasteiger partial charge in [-0.1, -0.05) is 0 Å². The molecule has 1 saturated carbocycles. The Bertz CT molecular complexity index is 379. The Morgan fingerprint density at radius 2 is 1.84 bits per heavy atom. The van der Waals surface area contributed by atoms with Gasteiger partial charge in [-0.15, -0.1) is 24.8 Å². The van der Waals surface area contributed by atoms with E-state index in [1.165, 1.54) is 0 Å². The van der Waals surface area contributed by atoms with E-state index in [0.717, 1.165) is 25.2 Å². The molecule has 0 amide bonds. The second-order valence-corrected chi connectivity index (χ2v) is 4.26. The van der Waals surface area contributed by atoms with Crippen molar-refractivity contribution < 1.29 is 13.2 Å². The van der Waals surface area contributed by atoms with Crippen molar-refractivity contribution in [2.75, 3.05) is 11.9 Å². The summed E-state index contributed by atoms with van der Waals surface area (Å²) in [6.45, 7) is 0.674. The molecule has 1 aromatic heterocycles. The van der Waals surface area contributed by atoms with Gasteiger partial charge in [-0.3, -0.25) is 0 Å². The predicted molar refractivity (Wildman–Crippen MR) is 70.7 cm³/mol. The summed E-state index contributed by atoms with van der Waals surface area (Å²) in [7, 11) is 0. The first-order valence-corrected chi connectivity index (χ1v) is 5.34. The van der Waals surface area contributed by atoms with Crippen LogP contribution in [-0.2, 0) is 6.18 Å². The van der Waals surface area contributed by atoms with Gasteiger partial charge in [0.25, 0.3) is 0 Å². The maximum absolute atomic E-state index is 12.2. The third-order valence-corrected chi connectivity index (χ3v) is 2.79. The second-order valence-electron chi connectivity index (χ2n) is 4.26. The van der Waals surface area contributed by atoms with Crippen molar-refractivity contribution in [3.8, 4) is 0 Å². The molecule has 0 radical (unpaired) electrons. The minimum absolute atomic E-state index is 0. The highest BCUT2D eigenvalue weighted by Crippen LogP contribution is 2.27. The van der Waals surface area contributed by atoms with Gasteiger partial charge >= 0.3 is 6.18 Å². The van der Waals surface area contributed by atoms with Crippen LogP contribution in [0.15, 0.2) is 12.4 Å². The fourth-order valence-corrected chi connectivity index (χ4v) is 1.77. The molecule has 0 spiro atoms. The van der Waals surface area contributed by atoms with Crippen LogP contribution in [0, 0.1) is 5.92 Å². The number of nitrogens with two attached hydrogens (primary N) is 1. The Hall–Kier alpha value is -0.790. The Kier molecular flexibility index (Phi) is 6.82. The maximum atomic E-state index is 12.2. The second kappa shape index (κ2) is 7.12. The molecule has 1 heterocycles. The van der Waals surface area contributed by atoms with Crippen LogP contribution in [0.5, 0.6) is 0 Å². The van der Waals surface area contributed by atoms with E-state index in [-0.39, 0.29) is 30.9 Å². The molecule has 0 aliphatic heterocycles. The number of anilines is 1. The Morgan fingerprint density at radius 1 is 1.21 bits per heavy atom. The lowest BCUT2D eigenvalue weighted by molar-refractivity contribution is -0.141. The van der Waals surface area contributed by atoms with Gasteiger partial charge in [0.15, 0.2) is 5.69 Å². The molecule has 9 heteroatoms. The standard InChI is InChI=1S/C10H13F3N4.2ClH/c11-10(12,13)8-4-17-9(5-15-8)16-3-6-1-7(14)2-6;;/h4-7H,1-3,14H2,(H,16,17);2*1H. The average molecular weight is 319 g/mol. The van der Waals surface area contributed by atoms with E-state index in [9.17, 15) is 13.2 Å². The highest BCUT2D eigenvalue weighted by Gasteiger charge is 2.32. The third-order valence-electron chi connectivity index (χ3n) is 2.79. The SMILES string of the molecule is Cl.Cl.NC1CC(CNc2cnc(C(F)(F)F)cn2)C1. The van der Waals surface area contributed by atoms with Crippen molar-refractivity contribution in [3.63, 3.8) is 0 Å². The largest absolute Gasteiger partial charge is 0.434 e. The zero-order valence-corrected chi connectivity index (χ0v) is 11.5. The van der Waals surface area contributed by atoms with E-state index in [1.807, 2.05) is 0 Å². The number of nitrogens with zero attached hydrogens (tertiary/aromatic N) is 2. The molecule has 1 aliphatic rings. The highest BCUT2D eigenvalue weighted by atomic mass is 35.5. The van der Waals surface area contributed by atoms with E-state index < -0.39 is 11.9 Å². The monoisotopic (exact) mass is 318 g/mol. The van der Waals surface area contributed by atoms with E-state index in [1.54, 1.807) is 0 Å². The predicted octanol–water partition coefficient (Wildman–Crippen LogP) is 2.49. The average Bonchev–Trinajstić information content (AvgIpc) is 2.22. The topological polar surface area (TPSA) is 63.8 Å². The molecule has 19 heavy (non-hydrogen) atoms. The van der Waals surface area contributed by atoms with Gasteiger partial charge in [-0.2, -0.15) is 13.2 Å². The summed E-state index contributed by atoms with van der Waals surface area (Å²) in [6.07, 6.45) is -0.718. The van der Waals surface area contributed by atoms with E-state index in [0.29, 0.717) is 18.3 Å². The molecule has 3 N–H and O–H groups in total. The summed E-state index contributed by atoms with van der Waals surface area (Å²) < 4.78 is 36.6. The normalized spacial score (nSPS) is 21.7. The van der Waals surface area contributed by atoms with Crippen LogP contribution in [0.3, 0.4) is 0 Å². The molecule has 1 fully saturated rings. The molecule has 0 bridgehead atoms. The molecular weight excluding hydrogens is 304 g/mol. The third kappa shape index (κ3) is 5.00. The van der Waals surface area contributed by atoms with Crippen LogP contribution >= 0.6 is 24.8 Å². The molecule has 1 aliphatic carbocycles. The summed E-state index contributed by atoms with van der Waals surface area (Å²) in [5.74, 6) is 0.840. The lowest BCUT2D eigenvalue weighted by Gasteiger charge is -2.32. The number of nitrogens with one attached hydrogen (secondary N) is 1. The van der Waals surface area contributed by atoms with Crippen molar-refractivity contribution in [3.05, 3.63) is 18.1 Å². The first-order valence-electron chi connectivity index (χ1n) is 5.34. The van der Waals surface area contributed by atoms with Crippen LogP contribution in [0.2, 0.25) is 0 Å². The van der Waals surface area contributed by atoms with E-state index >= 15 is 0 Å². The van der Waals surface area contributed by atoms with E-state index in [4.69, 9.17) is 5.73 Å². The van der Waals surface area contributed by atoms with Crippen molar-refractivity contribution >= 4 is 30.6 Å². The van der Waals surface area contributed by atoms with E-state index in [2.05, 4.69) is 15.3 Å². The van der Waals surface area contributed by atoms with Gasteiger partial charge in [-0.25, -0.2) is 9.97 Å². The molecule has 0 aromatic carbocycles. The van der Waals surface area contributed by atoms with Crippen LogP contribution in [-0.4, -0.2) is 22.6 Å². The Labute approximate surface area is 121 Å². The number of halogens is 5. The first-order chi connectivity index (χ1) is 7.95. The molecule has 0 saturated heterocycles. The van der Waals surface area contributed by atoms with Gasteiger partial charge in [0.2, 0.25) is 0 Å². The summed E-state index contributed by atoms with van der Waals surface area (Å²) in [6, 6.07) is 0.264. The summed E-state index contributed by atoms with van der Waals surface area (Å²) >= 11 is 0. The Morgan fingerprint density at radius 3 is 2.26 bits per heavy atom. The maximum Gasteiger partial charge on any atom is 0.434 e. The van der Waals surface area contributed by atoms with Crippen LogP contribution in [0.4, 0.5) is 19.0 Å². The molecule has 110 valence electrons. The van der Waals surface area contributed by atoms with Crippen LogP contribution in [0.1, 0.15) is 18.5 Å². The highest BCUT2D eigenvalue weighted by molar-refractivity contribution is 5.85. The van der Waals surface area contributed by atoms with Gasteiger partial charge in [0.1, 0.15) is 5.82 Å². The number of hydrogen-bond acceptors (Lipinski definition) is 4. The number of hydrogen-bond donors (Lipinski definition) is 2. The fourth-order valence-electron chi connectivity index (χ4n) is 1.77.